The van der Waals surface area contributed by atoms with Crippen molar-refractivity contribution < 1.29 is 5.11 Å². The molecule has 3 heteroatoms. The van der Waals surface area contributed by atoms with Gasteiger partial charge in [-0.2, -0.15) is 0 Å². The van der Waals surface area contributed by atoms with Crippen molar-refractivity contribution in [3.63, 3.8) is 0 Å². The first-order valence-electron chi connectivity index (χ1n) is 4.29. The molecule has 2 atom stereocenters. The molecule has 0 radical (unpaired) electrons. The molecule has 1 aliphatic heterocycles. The molecule has 1 fully saturated rings. The number of aliphatic hydroxyl groups is 1. The third-order valence-electron chi connectivity index (χ3n) is 2.28. The molecule has 66 valence electrons. The summed E-state index contributed by atoms with van der Waals surface area (Å²) in [4.78, 5) is 0. The van der Waals surface area contributed by atoms with Crippen LogP contribution < -0.4 is 11.1 Å². The second-order valence-electron chi connectivity index (χ2n) is 3.70. The Bertz CT molecular complexity index is 125. The van der Waals surface area contributed by atoms with Crippen LogP contribution in [0, 0.1) is 5.92 Å². The maximum atomic E-state index is 9.90. The molecule has 0 amide bonds. The van der Waals surface area contributed by atoms with Gasteiger partial charge in [-0.1, -0.05) is 6.92 Å². The quantitative estimate of drug-likeness (QED) is 0.517. The summed E-state index contributed by atoms with van der Waals surface area (Å²) in [5, 5.41) is 13.1. The first-order valence-corrected chi connectivity index (χ1v) is 4.29. The Morgan fingerprint density at radius 1 is 1.73 bits per heavy atom. The Morgan fingerprint density at radius 2 is 2.45 bits per heavy atom. The third-order valence-corrected chi connectivity index (χ3v) is 2.28. The maximum absolute atomic E-state index is 9.90. The van der Waals surface area contributed by atoms with E-state index >= 15 is 0 Å². The molecular formula is C8H18N2O. The molecule has 4 N–H and O–H groups in total. The van der Waals surface area contributed by atoms with Crippen LogP contribution in [0.2, 0.25) is 0 Å². The lowest BCUT2D eigenvalue weighted by Gasteiger charge is -2.35. The van der Waals surface area contributed by atoms with Crippen LogP contribution in [0.25, 0.3) is 0 Å². The minimum absolute atomic E-state index is 0.535. The Balaban J connectivity index is 2.41. The molecule has 3 nitrogen and oxygen atoms in total. The van der Waals surface area contributed by atoms with E-state index in [1.165, 1.54) is 0 Å². The van der Waals surface area contributed by atoms with Crippen LogP contribution in [0.1, 0.15) is 19.8 Å². The van der Waals surface area contributed by atoms with Crippen molar-refractivity contribution in [2.45, 2.75) is 25.4 Å². The maximum Gasteiger partial charge on any atom is 0.0786 e. The van der Waals surface area contributed by atoms with Crippen molar-refractivity contribution in [2.75, 3.05) is 19.6 Å². The van der Waals surface area contributed by atoms with Gasteiger partial charge >= 0.3 is 0 Å². The van der Waals surface area contributed by atoms with Gasteiger partial charge in [-0.05, 0) is 31.8 Å². The average molecular weight is 158 g/mol. The van der Waals surface area contributed by atoms with E-state index in [2.05, 4.69) is 12.2 Å². The SMILES string of the molecule is CC1CNCC(O)(CCN)C1. The van der Waals surface area contributed by atoms with Crippen LogP contribution in [0.3, 0.4) is 0 Å². The standard InChI is InChI=1S/C8H18N2O/c1-7-4-8(11,2-3-9)6-10-5-7/h7,10-11H,2-6,9H2,1H3. The highest BCUT2D eigenvalue weighted by Gasteiger charge is 2.31. The van der Waals surface area contributed by atoms with Gasteiger partial charge in [-0.15, -0.1) is 0 Å². The number of rotatable bonds is 2. The first kappa shape index (κ1) is 8.97. The summed E-state index contributed by atoms with van der Waals surface area (Å²) in [6.07, 6.45) is 1.60. The zero-order chi connectivity index (χ0) is 8.32. The van der Waals surface area contributed by atoms with Crippen LogP contribution in [0.5, 0.6) is 0 Å². The van der Waals surface area contributed by atoms with E-state index in [1.807, 2.05) is 0 Å². The Morgan fingerprint density at radius 3 is 3.00 bits per heavy atom. The molecule has 0 saturated carbocycles. The summed E-state index contributed by atoms with van der Waals surface area (Å²) in [5.74, 6) is 0.570. The lowest BCUT2D eigenvalue weighted by atomic mass is 9.85. The molecule has 1 aliphatic rings. The Hall–Kier alpha value is -0.120. The summed E-state index contributed by atoms with van der Waals surface area (Å²) in [5.41, 5.74) is 4.87. The fourth-order valence-electron chi connectivity index (χ4n) is 1.80. The van der Waals surface area contributed by atoms with Gasteiger partial charge < -0.3 is 16.2 Å². The molecule has 1 saturated heterocycles. The number of β-amino-alcohol motifs (C(OH)–C–C–N with tert-alkyl or cyclic N) is 1. The van der Waals surface area contributed by atoms with Crippen molar-refractivity contribution >= 4 is 0 Å². The number of nitrogens with two attached hydrogens (primary N) is 1. The van der Waals surface area contributed by atoms with E-state index in [0.717, 1.165) is 13.0 Å². The molecule has 0 aromatic carbocycles. The molecular weight excluding hydrogens is 140 g/mol. The van der Waals surface area contributed by atoms with E-state index in [9.17, 15) is 5.11 Å². The number of nitrogens with one attached hydrogen (secondary N) is 1. The number of piperidine rings is 1. The monoisotopic (exact) mass is 158 g/mol. The van der Waals surface area contributed by atoms with Crippen LogP contribution in [0.15, 0.2) is 0 Å². The molecule has 0 spiro atoms. The van der Waals surface area contributed by atoms with Gasteiger partial charge in [0.1, 0.15) is 0 Å². The molecule has 0 aromatic heterocycles. The van der Waals surface area contributed by atoms with Gasteiger partial charge in [0.2, 0.25) is 0 Å². The third kappa shape index (κ3) is 2.43. The summed E-state index contributed by atoms with van der Waals surface area (Å²) >= 11 is 0. The van der Waals surface area contributed by atoms with Crippen molar-refractivity contribution in [1.29, 1.82) is 0 Å². The second kappa shape index (κ2) is 3.52. The van der Waals surface area contributed by atoms with Crippen LogP contribution >= 0.6 is 0 Å². The predicted octanol–water partition coefficient (Wildman–Crippen LogP) is -0.304. The molecule has 2 unspecified atom stereocenters. The highest BCUT2D eigenvalue weighted by Crippen LogP contribution is 2.22. The number of hydrogen-bond acceptors (Lipinski definition) is 3. The fourth-order valence-corrected chi connectivity index (χ4v) is 1.80. The summed E-state index contributed by atoms with van der Waals surface area (Å²) in [7, 11) is 0. The largest absolute Gasteiger partial charge is 0.389 e. The highest BCUT2D eigenvalue weighted by molar-refractivity contribution is 4.87. The molecule has 0 aliphatic carbocycles. The van der Waals surface area contributed by atoms with Gasteiger partial charge in [-0.3, -0.25) is 0 Å². The minimum Gasteiger partial charge on any atom is -0.389 e. The summed E-state index contributed by atoms with van der Waals surface area (Å²) in [6, 6.07) is 0. The topological polar surface area (TPSA) is 58.3 Å². The first-order chi connectivity index (χ1) is 5.16. The lowest BCUT2D eigenvalue weighted by molar-refractivity contribution is -0.00512. The smallest absolute Gasteiger partial charge is 0.0786 e. The van der Waals surface area contributed by atoms with Gasteiger partial charge in [0.25, 0.3) is 0 Å². The minimum atomic E-state index is -0.535. The fraction of sp³-hybridized carbons (Fsp3) is 1.00. The Labute approximate surface area is 68.0 Å². The van der Waals surface area contributed by atoms with E-state index in [4.69, 9.17) is 5.73 Å². The average Bonchev–Trinajstić information content (AvgIpc) is 1.86. The second-order valence-corrected chi connectivity index (χ2v) is 3.70. The number of hydrogen-bond donors (Lipinski definition) is 3. The van der Waals surface area contributed by atoms with Gasteiger partial charge in [0.15, 0.2) is 0 Å². The van der Waals surface area contributed by atoms with Gasteiger partial charge in [0.05, 0.1) is 5.60 Å². The molecule has 1 rings (SSSR count). The summed E-state index contributed by atoms with van der Waals surface area (Å²) in [6.45, 7) is 4.44. The molecule has 1 heterocycles. The molecule has 0 aromatic rings. The zero-order valence-corrected chi connectivity index (χ0v) is 7.14. The van der Waals surface area contributed by atoms with E-state index in [1.54, 1.807) is 0 Å². The van der Waals surface area contributed by atoms with Gasteiger partial charge in [0, 0.05) is 6.54 Å². The van der Waals surface area contributed by atoms with Crippen molar-refractivity contribution in [3.05, 3.63) is 0 Å². The molecule has 11 heavy (non-hydrogen) atoms. The van der Waals surface area contributed by atoms with E-state index < -0.39 is 5.60 Å². The zero-order valence-electron chi connectivity index (χ0n) is 7.14. The van der Waals surface area contributed by atoms with Gasteiger partial charge in [-0.25, -0.2) is 0 Å². The van der Waals surface area contributed by atoms with E-state index in [-0.39, 0.29) is 0 Å². The van der Waals surface area contributed by atoms with Crippen LogP contribution in [-0.2, 0) is 0 Å². The van der Waals surface area contributed by atoms with E-state index in [0.29, 0.717) is 25.4 Å². The van der Waals surface area contributed by atoms with Crippen LogP contribution in [-0.4, -0.2) is 30.3 Å². The van der Waals surface area contributed by atoms with Crippen LogP contribution in [0.4, 0.5) is 0 Å². The normalized spacial score (nSPS) is 39.0. The Kier molecular flexibility index (Phi) is 2.87. The highest BCUT2D eigenvalue weighted by atomic mass is 16.3. The summed E-state index contributed by atoms with van der Waals surface area (Å²) < 4.78 is 0. The van der Waals surface area contributed by atoms with Crippen molar-refractivity contribution in [3.8, 4) is 0 Å². The van der Waals surface area contributed by atoms with Crippen molar-refractivity contribution in [2.24, 2.45) is 11.7 Å². The van der Waals surface area contributed by atoms with Crippen molar-refractivity contribution in [1.82, 2.24) is 5.32 Å². The lowest BCUT2D eigenvalue weighted by Crippen LogP contribution is -2.49. The molecule has 0 bridgehead atoms. The predicted molar refractivity (Wildman–Crippen MR) is 45.3 cm³/mol.